The van der Waals surface area contributed by atoms with Gasteiger partial charge in [-0.05, 0) is 23.3 Å². The number of aliphatic hydroxyl groups excluding tert-OH is 1. The molecule has 0 saturated heterocycles. The number of carbonyl (C=O) groups is 1. The summed E-state index contributed by atoms with van der Waals surface area (Å²) in [6, 6.07) is 14.3. The fourth-order valence-corrected chi connectivity index (χ4v) is 2.38. The molecule has 116 valence electrons. The topological polar surface area (TPSA) is 82.2 Å². The molecule has 3 aromatic rings. The monoisotopic (exact) mass is 308 g/mol. The summed E-state index contributed by atoms with van der Waals surface area (Å²) >= 11 is 0. The molecule has 3 N–H and O–H groups in total. The van der Waals surface area contributed by atoms with Crippen LogP contribution in [0.1, 0.15) is 21.5 Å². The Balaban J connectivity index is 1.78. The van der Waals surface area contributed by atoms with E-state index >= 15 is 0 Å². The van der Waals surface area contributed by atoms with Crippen LogP contribution in [0.25, 0.3) is 10.9 Å². The van der Waals surface area contributed by atoms with Crippen LogP contribution in [0, 0.1) is 0 Å². The van der Waals surface area contributed by atoms with Crippen LogP contribution in [0.3, 0.4) is 0 Å². The first-order valence-electron chi connectivity index (χ1n) is 7.26. The summed E-state index contributed by atoms with van der Waals surface area (Å²) in [6.07, 6.45) is 1.44. The first-order chi connectivity index (χ1) is 11.2. The van der Waals surface area contributed by atoms with E-state index in [0.717, 1.165) is 11.1 Å². The Morgan fingerprint density at radius 2 is 1.74 bits per heavy atom. The van der Waals surface area contributed by atoms with E-state index in [1.807, 2.05) is 18.2 Å². The molecule has 2 aromatic carbocycles. The first-order valence-corrected chi connectivity index (χ1v) is 7.26. The quantitative estimate of drug-likeness (QED) is 0.689. The van der Waals surface area contributed by atoms with Crippen molar-refractivity contribution < 1.29 is 9.90 Å². The molecule has 0 saturated carbocycles. The lowest BCUT2D eigenvalue weighted by Gasteiger charge is -2.07. The van der Waals surface area contributed by atoms with E-state index in [2.05, 4.69) is 10.3 Å². The van der Waals surface area contributed by atoms with Crippen LogP contribution in [0.2, 0.25) is 0 Å². The van der Waals surface area contributed by atoms with Gasteiger partial charge in [-0.25, -0.2) is 0 Å². The van der Waals surface area contributed by atoms with E-state index in [-0.39, 0.29) is 17.6 Å². The van der Waals surface area contributed by atoms with Gasteiger partial charge in [0.15, 0.2) is 0 Å². The third-order valence-corrected chi connectivity index (χ3v) is 3.69. The van der Waals surface area contributed by atoms with Gasteiger partial charge in [-0.15, -0.1) is 0 Å². The van der Waals surface area contributed by atoms with Gasteiger partial charge in [-0.3, -0.25) is 9.59 Å². The zero-order valence-corrected chi connectivity index (χ0v) is 12.4. The normalized spacial score (nSPS) is 10.7. The predicted octanol–water partition coefficient (Wildman–Crippen LogP) is 1.95. The number of aliphatic hydroxyl groups is 1. The third kappa shape index (κ3) is 3.14. The number of amides is 1. The summed E-state index contributed by atoms with van der Waals surface area (Å²) in [5.74, 6) is -0.414. The lowest BCUT2D eigenvalue weighted by atomic mass is 10.1. The SMILES string of the molecule is O=C(NCc1ccc(CO)cc1)c1c[nH]c2ccccc2c1=O. The van der Waals surface area contributed by atoms with Crippen LogP contribution >= 0.6 is 0 Å². The maximum atomic E-state index is 12.4. The molecular weight excluding hydrogens is 292 g/mol. The Kier molecular flexibility index (Phi) is 4.21. The molecule has 1 amide bonds. The van der Waals surface area contributed by atoms with Crippen molar-refractivity contribution in [1.82, 2.24) is 10.3 Å². The second-order valence-corrected chi connectivity index (χ2v) is 5.23. The van der Waals surface area contributed by atoms with Crippen molar-refractivity contribution in [2.24, 2.45) is 0 Å². The number of para-hydroxylation sites is 1. The lowest BCUT2D eigenvalue weighted by Crippen LogP contribution is -2.28. The fourth-order valence-electron chi connectivity index (χ4n) is 2.38. The van der Waals surface area contributed by atoms with Gasteiger partial charge >= 0.3 is 0 Å². The van der Waals surface area contributed by atoms with E-state index in [1.165, 1.54) is 6.20 Å². The number of aromatic amines is 1. The van der Waals surface area contributed by atoms with Gasteiger partial charge in [0.05, 0.1) is 6.61 Å². The molecule has 0 aliphatic heterocycles. The molecule has 0 spiro atoms. The van der Waals surface area contributed by atoms with E-state index in [9.17, 15) is 9.59 Å². The van der Waals surface area contributed by atoms with Crippen LogP contribution in [0.5, 0.6) is 0 Å². The molecule has 0 radical (unpaired) electrons. The van der Waals surface area contributed by atoms with Crippen molar-refractivity contribution >= 4 is 16.8 Å². The maximum absolute atomic E-state index is 12.4. The highest BCUT2D eigenvalue weighted by molar-refractivity contribution is 5.97. The van der Waals surface area contributed by atoms with E-state index in [4.69, 9.17) is 5.11 Å². The third-order valence-electron chi connectivity index (χ3n) is 3.69. The zero-order chi connectivity index (χ0) is 16.2. The van der Waals surface area contributed by atoms with Gasteiger partial charge in [-0.2, -0.15) is 0 Å². The molecule has 0 bridgehead atoms. The van der Waals surface area contributed by atoms with E-state index < -0.39 is 5.91 Å². The Morgan fingerprint density at radius 3 is 2.48 bits per heavy atom. The summed E-state index contributed by atoms with van der Waals surface area (Å²) in [5, 5.41) is 12.2. The number of hydrogen-bond donors (Lipinski definition) is 3. The average molecular weight is 308 g/mol. The minimum Gasteiger partial charge on any atom is -0.392 e. The second kappa shape index (κ2) is 6.46. The second-order valence-electron chi connectivity index (χ2n) is 5.23. The van der Waals surface area contributed by atoms with Crippen molar-refractivity contribution in [3.63, 3.8) is 0 Å². The van der Waals surface area contributed by atoms with Gasteiger partial charge in [-0.1, -0.05) is 36.4 Å². The van der Waals surface area contributed by atoms with Gasteiger partial charge in [0, 0.05) is 23.6 Å². The molecule has 1 heterocycles. The number of hydrogen-bond acceptors (Lipinski definition) is 3. The zero-order valence-electron chi connectivity index (χ0n) is 12.4. The summed E-state index contributed by atoms with van der Waals surface area (Å²) in [6.45, 7) is 0.302. The van der Waals surface area contributed by atoms with Gasteiger partial charge in [0.25, 0.3) is 5.91 Å². The highest BCUT2D eigenvalue weighted by atomic mass is 16.3. The number of H-pyrrole nitrogens is 1. The molecule has 23 heavy (non-hydrogen) atoms. The Labute approximate surface area is 132 Å². The van der Waals surface area contributed by atoms with Gasteiger partial charge < -0.3 is 15.4 Å². The maximum Gasteiger partial charge on any atom is 0.257 e. The minimum atomic E-state index is -0.414. The number of aromatic nitrogens is 1. The molecular formula is C18H16N2O3. The smallest absolute Gasteiger partial charge is 0.257 e. The van der Waals surface area contributed by atoms with Crippen molar-refractivity contribution in [2.75, 3.05) is 0 Å². The van der Waals surface area contributed by atoms with Crippen LogP contribution in [-0.4, -0.2) is 16.0 Å². The van der Waals surface area contributed by atoms with Gasteiger partial charge in [0.1, 0.15) is 5.56 Å². The molecule has 0 aliphatic rings. The number of rotatable bonds is 4. The Morgan fingerprint density at radius 1 is 1.04 bits per heavy atom. The van der Waals surface area contributed by atoms with Crippen LogP contribution in [0.4, 0.5) is 0 Å². The number of nitrogens with one attached hydrogen (secondary N) is 2. The van der Waals surface area contributed by atoms with Gasteiger partial charge in [0.2, 0.25) is 5.43 Å². The molecule has 0 aliphatic carbocycles. The highest BCUT2D eigenvalue weighted by Gasteiger charge is 2.12. The first kappa shape index (κ1) is 15.0. The summed E-state index contributed by atoms with van der Waals surface area (Å²) in [7, 11) is 0. The highest BCUT2D eigenvalue weighted by Crippen LogP contribution is 2.08. The largest absolute Gasteiger partial charge is 0.392 e. The molecule has 1 aromatic heterocycles. The fraction of sp³-hybridized carbons (Fsp3) is 0.111. The minimum absolute atomic E-state index is 0.0148. The number of benzene rings is 2. The molecule has 5 heteroatoms. The number of pyridine rings is 1. The predicted molar refractivity (Wildman–Crippen MR) is 88.1 cm³/mol. The molecule has 0 fully saturated rings. The van der Waals surface area contributed by atoms with Crippen LogP contribution in [-0.2, 0) is 13.2 Å². The Bertz CT molecular complexity index is 898. The lowest BCUT2D eigenvalue weighted by molar-refractivity contribution is 0.0949. The number of fused-ring (bicyclic) bond motifs is 1. The van der Waals surface area contributed by atoms with Crippen molar-refractivity contribution in [1.29, 1.82) is 0 Å². The summed E-state index contributed by atoms with van der Waals surface area (Å²) < 4.78 is 0. The molecule has 3 rings (SSSR count). The van der Waals surface area contributed by atoms with Crippen LogP contribution in [0.15, 0.2) is 59.5 Å². The van der Waals surface area contributed by atoms with Crippen molar-refractivity contribution in [2.45, 2.75) is 13.2 Å². The van der Waals surface area contributed by atoms with Crippen molar-refractivity contribution in [3.05, 3.63) is 81.6 Å². The van der Waals surface area contributed by atoms with E-state index in [1.54, 1.807) is 30.3 Å². The number of carbonyl (C=O) groups excluding carboxylic acids is 1. The van der Waals surface area contributed by atoms with Crippen LogP contribution < -0.4 is 10.7 Å². The molecule has 5 nitrogen and oxygen atoms in total. The molecule has 0 atom stereocenters. The average Bonchev–Trinajstić information content (AvgIpc) is 2.60. The standard InChI is InChI=1S/C18H16N2O3/c21-11-13-7-5-12(6-8-13)9-20-18(23)15-10-19-16-4-2-1-3-14(16)17(15)22/h1-8,10,21H,9,11H2,(H,19,22)(H,20,23). The summed E-state index contributed by atoms with van der Waals surface area (Å²) in [4.78, 5) is 27.6. The summed E-state index contributed by atoms with van der Waals surface area (Å²) in [5.41, 5.74) is 2.22. The van der Waals surface area contributed by atoms with E-state index in [0.29, 0.717) is 17.4 Å². The molecule has 0 unspecified atom stereocenters. The van der Waals surface area contributed by atoms with Crippen molar-refractivity contribution in [3.8, 4) is 0 Å². The Hall–Kier alpha value is -2.92.